The summed E-state index contributed by atoms with van der Waals surface area (Å²) in [5, 5.41) is 0. The van der Waals surface area contributed by atoms with Crippen LogP contribution < -0.4 is 5.73 Å². The smallest absolute Gasteiger partial charge is 0.394 e. The predicted octanol–water partition coefficient (Wildman–Crippen LogP) is 1.59. The fraction of sp³-hybridized carbons (Fsp3) is 0.200. The van der Waals surface area contributed by atoms with E-state index in [-0.39, 0.29) is 5.89 Å². The van der Waals surface area contributed by atoms with Crippen LogP contribution >= 0.6 is 0 Å². The molecule has 0 spiro atoms. The molecule has 0 aliphatic heterocycles. The van der Waals surface area contributed by atoms with E-state index in [1.807, 2.05) is 0 Å². The van der Waals surface area contributed by atoms with Crippen LogP contribution in [0.25, 0.3) is 11.1 Å². The number of rotatable bonds is 2. The van der Waals surface area contributed by atoms with Crippen LogP contribution in [-0.2, 0) is 4.74 Å². The molecule has 0 unspecified atom stereocenters. The van der Waals surface area contributed by atoms with Crippen molar-refractivity contribution in [2.45, 2.75) is 6.92 Å². The Morgan fingerprint density at radius 3 is 3.13 bits per heavy atom. The summed E-state index contributed by atoms with van der Waals surface area (Å²) in [7, 11) is 0. The van der Waals surface area contributed by atoms with Crippen LogP contribution in [0.3, 0.4) is 0 Å². The first kappa shape index (κ1) is 9.51. The first-order valence-electron chi connectivity index (χ1n) is 4.54. The molecule has 2 aromatic rings. The van der Waals surface area contributed by atoms with Crippen molar-refractivity contribution in [3.05, 3.63) is 24.1 Å². The highest BCUT2D eigenvalue weighted by Gasteiger charge is 2.14. The second-order valence-electron chi connectivity index (χ2n) is 2.97. The number of fused-ring (bicyclic) bond motifs is 1. The molecule has 1 aromatic heterocycles. The Balaban J connectivity index is 2.42. The molecule has 0 fully saturated rings. The van der Waals surface area contributed by atoms with E-state index < -0.39 is 5.97 Å². The predicted molar refractivity (Wildman–Crippen MR) is 54.4 cm³/mol. The average molecular weight is 206 g/mol. The Labute approximate surface area is 85.8 Å². The van der Waals surface area contributed by atoms with Gasteiger partial charge in [-0.3, -0.25) is 0 Å². The van der Waals surface area contributed by atoms with E-state index in [9.17, 15) is 4.79 Å². The van der Waals surface area contributed by atoms with Crippen LogP contribution in [0.5, 0.6) is 0 Å². The Hall–Kier alpha value is -2.04. The highest BCUT2D eigenvalue weighted by Crippen LogP contribution is 2.18. The lowest BCUT2D eigenvalue weighted by molar-refractivity contribution is 0.0483. The fourth-order valence-corrected chi connectivity index (χ4v) is 1.22. The first-order valence-corrected chi connectivity index (χ1v) is 4.54. The Kier molecular flexibility index (Phi) is 2.29. The molecule has 78 valence electrons. The lowest BCUT2D eigenvalue weighted by atomic mass is 10.3. The lowest BCUT2D eigenvalue weighted by Crippen LogP contribution is -2.04. The number of hydrogen-bond acceptors (Lipinski definition) is 5. The van der Waals surface area contributed by atoms with Crippen LogP contribution in [-0.4, -0.2) is 17.6 Å². The summed E-state index contributed by atoms with van der Waals surface area (Å²) in [4.78, 5) is 15.3. The summed E-state index contributed by atoms with van der Waals surface area (Å²) in [6.07, 6.45) is 0. The Morgan fingerprint density at radius 1 is 1.60 bits per heavy atom. The SMILES string of the molecule is CCOC(=O)c1nc2cc(N)ccc2o1. The number of nitrogens with zero attached hydrogens (tertiary/aromatic N) is 1. The number of oxazole rings is 1. The van der Waals surface area contributed by atoms with Crippen molar-refractivity contribution in [2.75, 3.05) is 12.3 Å². The van der Waals surface area contributed by atoms with Crippen molar-refractivity contribution in [2.24, 2.45) is 0 Å². The van der Waals surface area contributed by atoms with Crippen molar-refractivity contribution in [1.82, 2.24) is 4.98 Å². The van der Waals surface area contributed by atoms with Crippen LogP contribution in [0.1, 0.15) is 17.6 Å². The minimum Gasteiger partial charge on any atom is -0.459 e. The number of aromatic nitrogens is 1. The molecular weight excluding hydrogens is 196 g/mol. The maximum atomic E-state index is 11.3. The van der Waals surface area contributed by atoms with Crippen molar-refractivity contribution in [3.63, 3.8) is 0 Å². The minimum atomic E-state index is -0.563. The quantitative estimate of drug-likeness (QED) is 0.596. The van der Waals surface area contributed by atoms with Crippen molar-refractivity contribution in [1.29, 1.82) is 0 Å². The number of nitrogen functional groups attached to an aromatic ring is 1. The second-order valence-corrected chi connectivity index (χ2v) is 2.97. The molecule has 0 saturated heterocycles. The van der Waals surface area contributed by atoms with E-state index >= 15 is 0 Å². The number of carbonyl (C=O) groups excluding carboxylic acids is 1. The summed E-state index contributed by atoms with van der Waals surface area (Å²) < 4.78 is 9.96. The molecule has 2 rings (SSSR count). The monoisotopic (exact) mass is 206 g/mol. The van der Waals surface area contributed by atoms with E-state index in [1.165, 1.54) is 0 Å². The summed E-state index contributed by atoms with van der Waals surface area (Å²) in [5.74, 6) is -0.607. The van der Waals surface area contributed by atoms with Gasteiger partial charge >= 0.3 is 11.9 Å². The van der Waals surface area contributed by atoms with E-state index in [0.29, 0.717) is 23.4 Å². The zero-order valence-corrected chi connectivity index (χ0v) is 8.19. The zero-order valence-electron chi connectivity index (χ0n) is 8.19. The van der Waals surface area contributed by atoms with Gasteiger partial charge in [0.2, 0.25) is 0 Å². The largest absolute Gasteiger partial charge is 0.459 e. The Bertz CT molecular complexity index is 504. The molecular formula is C10H10N2O3. The maximum Gasteiger partial charge on any atom is 0.394 e. The fourth-order valence-electron chi connectivity index (χ4n) is 1.22. The van der Waals surface area contributed by atoms with Crippen LogP contribution in [0.2, 0.25) is 0 Å². The summed E-state index contributed by atoms with van der Waals surface area (Å²) >= 11 is 0. The molecule has 0 bridgehead atoms. The van der Waals surface area contributed by atoms with Gasteiger partial charge in [0.25, 0.3) is 0 Å². The molecule has 1 aromatic carbocycles. The molecule has 0 aliphatic rings. The van der Waals surface area contributed by atoms with Crippen LogP contribution in [0, 0.1) is 0 Å². The third-order valence-electron chi connectivity index (χ3n) is 1.86. The number of esters is 1. The molecule has 0 aliphatic carbocycles. The van der Waals surface area contributed by atoms with Gasteiger partial charge in [0.05, 0.1) is 6.61 Å². The summed E-state index contributed by atoms with van der Waals surface area (Å²) in [6, 6.07) is 4.99. The molecule has 5 nitrogen and oxygen atoms in total. The number of benzene rings is 1. The third kappa shape index (κ3) is 1.76. The highest BCUT2D eigenvalue weighted by molar-refractivity contribution is 5.88. The van der Waals surface area contributed by atoms with Gasteiger partial charge in [0.15, 0.2) is 5.58 Å². The maximum absolute atomic E-state index is 11.3. The molecule has 1 heterocycles. The van der Waals surface area contributed by atoms with Crippen LogP contribution in [0.15, 0.2) is 22.6 Å². The first-order chi connectivity index (χ1) is 7.20. The molecule has 0 atom stereocenters. The van der Waals surface area contributed by atoms with Crippen molar-refractivity contribution in [3.8, 4) is 0 Å². The van der Waals surface area contributed by atoms with Crippen molar-refractivity contribution < 1.29 is 13.9 Å². The van der Waals surface area contributed by atoms with E-state index in [4.69, 9.17) is 14.9 Å². The summed E-state index contributed by atoms with van der Waals surface area (Å²) in [6.45, 7) is 2.01. The number of anilines is 1. The zero-order chi connectivity index (χ0) is 10.8. The van der Waals surface area contributed by atoms with Gasteiger partial charge < -0.3 is 14.9 Å². The number of ether oxygens (including phenoxy) is 1. The van der Waals surface area contributed by atoms with Gasteiger partial charge in [-0.2, -0.15) is 0 Å². The molecule has 15 heavy (non-hydrogen) atoms. The van der Waals surface area contributed by atoms with Gasteiger partial charge in [-0.1, -0.05) is 0 Å². The second kappa shape index (κ2) is 3.61. The van der Waals surface area contributed by atoms with Crippen LogP contribution in [0.4, 0.5) is 5.69 Å². The molecule has 0 saturated carbocycles. The van der Waals surface area contributed by atoms with Gasteiger partial charge in [-0.15, -0.1) is 0 Å². The van der Waals surface area contributed by atoms with Gasteiger partial charge in [-0.25, -0.2) is 9.78 Å². The number of carbonyl (C=O) groups is 1. The van der Waals surface area contributed by atoms with E-state index in [1.54, 1.807) is 25.1 Å². The highest BCUT2D eigenvalue weighted by atomic mass is 16.5. The van der Waals surface area contributed by atoms with Crippen molar-refractivity contribution >= 4 is 22.8 Å². The lowest BCUT2D eigenvalue weighted by Gasteiger charge is -1.94. The molecule has 2 N–H and O–H groups in total. The normalized spacial score (nSPS) is 10.5. The molecule has 5 heteroatoms. The van der Waals surface area contributed by atoms with E-state index in [0.717, 1.165) is 0 Å². The summed E-state index contributed by atoms with van der Waals surface area (Å²) in [5.41, 5.74) is 7.22. The number of nitrogens with two attached hydrogens (primary N) is 1. The average Bonchev–Trinajstić information content (AvgIpc) is 2.60. The van der Waals surface area contributed by atoms with E-state index in [2.05, 4.69) is 4.98 Å². The number of hydrogen-bond donors (Lipinski definition) is 1. The minimum absolute atomic E-state index is 0.0440. The van der Waals surface area contributed by atoms with Gasteiger partial charge in [0, 0.05) is 5.69 Å². The van der Waals surface area contributed by atoms with Gasteiger partial charge in [-0.05, 0) is 25.1 Å². The molecule has 0 amide bonds. The van der Waals surface area contributed by atoms with Gasteiger partial charge in [0.1, 0.15) is 5.52 Å². The topological polar surface area (TPSA) is 78.3 Å². The standard InChI is InChI=1S/C10H10N2O3/c1-2-14-10(13)9-12-7-5-6(11)3-4-8(7)15-9/h3-5H,2,11H2,1H3. The Morgan fingerprint density at radius 2 is 2.40 bits per heavy atom. The third-order valence-corrected chi connectivity index (χ3v) is 1.86. The molecule has 0 radical (unpaired) electrons.